The monoisotopic (exact) mass is 748 g/mol. The van der Waals surface area contributed by atoms with E-state index in [1.165, 1.54) is 6.42 Å². The molecule has 0 spiro atoms. The fourth-order valence-electron chi connectivity index (χ4n) is 14.5. The summed E-state index contributed by atoms with van der Waals surface area (Å²) in [5.41, 5.74) is -3.23. The van der Waals surface area contributed by atoms with Gasteiger partial charge >= 0.3 is 5.97 Å². The Morgan fingerprint density at radius 2 is 1.65 bits per heavy atom. The van der Waals surface area contributed by atoms with Gasteiger partial charge in [-0.15, -0.1) is 5.92 Å². The van der Waals surface area contributed by atoms with Gasteiger partial charge in [-0.05, 0) is 124 Å². The maximum absolute atomic E-state index is 14.0. The molecule has 298 valence electrons. The Labute approximate surface area is 321 Å². The average Bonchev–Trinajstić information content (AvgIpc) is 3.64. The first-order chi connectivity index (χ1) is 25.4. The summed E-state index contributed by atoms with van der Waals surface area (Å²) in [5.74, 6) is 5.71. The summed E-state index contributed by atoms with van der Waals surface area (Å²) < 4.78 is 5.52. The third-order valence-electron chi connectivity index (χ3n) is 17.4. The van der Waals surface area contributed by atoms with Crippen LogP contribution in [0.5, 0.6) is 0 Å². The van der Waals surface area contributed by atoms with Crippen LogP contribution in [0.1, 0.15) is 118 Å². The third kappa shape index (κ3) is 5.73. The van der Waals surface area contributed by atoms with Gasteiger partial charge in [0.2, 0.25) is 5.78 Å². The van der Waals surface area contributed by atoms with Gasteiger partial charge in [-0.25, -0.2) is 0 Å². The molecule has 9 heteroatoms. The van der Waals surface area contributed by atoms with Crippen LogP contribution in [0.25, 0.3) is 0 Å². The molecule has 8 rings (SSSR count). The molecule has 4 saturated carbocycles. The number of aliphatic hydroxyl groups is 6. The highest BCUT2D eigenvalue weighted by atomic mass is 16.5. The molecule has 7 aliphatic carbocycles. The Kier molecular flexibility index (Phi) is 9.61. The molecule has 5 fully saturated rings. The number of Topliss-reactive ketones (excluding diaryl/α,β-unsaturated/α-hetero) is 1. The first kappa shape index (κ1) is 38.6. The summed E-state index contributed by atoms with van der Waals surface area (Å²) in [6, 6.07) is 0. The van der Waals surface area contributed by atoms with E-state index in [1.807, 2.05) is 13.8 Å². The molecule has 1 saturated heterocycles. The number of ether oxygens (including phenoxy) is 1. The van der Waals surface area contributed by atoms with Crippen molar-refractivity contribution in [1.29, 1.82) is 0 Å². The summed E-state index contributed by atoms with van der Waals surface area (Å²) in [4.78, 5) is 26.5. The second-order valence-electron chi connectivity index (χ2n) is 20.4. The summed E-state index contributed by atoms with van der Waals surface area (Å²) in [7, 11) is 0. The lowest BCUT2D eigenvalue weighted by atomic mass is 9.45. The van der Waals surface area contributed by atoms with Crippen LogP contribution in [0, 0.1) is 87.8 Å². The SMILES string of the molecule is C[C@@H]1CCC2=CC[C@@H]3[C@@H](C[C@H]([C@H]4COC(=O)C4)C#CC[C@H]4C[C@@]5(O)C6=C(O)C(=O)[C@@H]7C[C@@H](O)[C@@H](O)C[C@]7(C)[C@H]6CC[C@]5(C)[C@H]4[C@@](C)(O)[C@H](O)C[C@H]3C)[C@@H]2C1. The molecule has 8 aliphatic rings. The third-order valence-corrected chi connectivity index (χ3v) is 17.4. The highest BCUT2D eigenvalue weighted by Gasteiger charge is 2.73. The van der Waals surface area contributed by atoms with Gasteiger partial charge in [0.15, 0.2) is 5.76 Å². The molecule has 0 radical (unpaired) electrons. The van der Waals surface area contributed by atoms with Gasteiger partial charge in [0.1, 0.15) is 0 Å². The fourth-order valence-corrected chi connectivity index (χ4v) is 14.5. The van der Waals surface area contributed by atoms with Crippen LogP contribution >= 0.6 is 0 Å². The molecule has 0 aromatic rings. The van der Waals surface area contributed by atoms with E-state index in [1.54, 1.807) is 12.5 Å². The van der Waals surface area contributed by atoms with Gasteiger partial charge in [-0.3, -0.25) is 9.59 Å². The number of allylic oxidation sites excluding steroid dienone is 3. The standard InChI is InChI=1S/C45H64O9/c1-23-9-10-25-11-12-29-24(2)16-36(48)44(5,52)41-27(8-6-7-26(17-31(29)30(25)15-23)28-18-37(49)54-22-28)20-45(53)38-32(13-14-43(41,45)4)42(3)21-35(47)34(46)19-33(42)39(50)40(38)51/h11,23-24,26-36,41,46-48,51-53H,8-10,12-22H2,1-5H3/t23-,24-,26-,27+,28-,29+,30-,31-,32+,33+,34-,35+,36-,41+,42-,43-,44+,45-/m1/s1. The van der Waals surface area contributed by atoms with Crippen molar-refractivity contribution in [3.05, 3.63) is 23.0 Å². The molecule has 0 bridgehead atoms. The van der Waals surface area contributed by atoms with Gasteiger partial charge in [0.05, 0.1) is 42.5 Å². The van der Waals surface area contributed by atoms with Crippen LogP contribution in [-0.2, 0) is 14.3 Å². The van der Waals surface area contributed by atoms with Crippen molar-refractivity contribution in [2.75, 3.05) is 6.61 Å². The first-order valence-corrected chi connectivity index (χ1v) is 21.2. The van der Waals surface area contributed by atoms with E-state index in [0.717, 1.165) is 25.7 Å². The minimum atomic E-state index is -1.67. The van der Waals surface area contributed by atoms with Gasteiger partial charge in [-0.1, -0.05) is 45.3 Å². The molecule has 1 aliphatic heterocycles. The van der Waals surface area contributed by atoms with Crippen molar-refractivity contribution in [2.45, 2.75) is 148 Å². The van der Waals surface area contributed by atoms with Crippen LogP contribution < -0.4 is 0 Å². The molecule has 6 N–H and O–H groups in total. The van der Waals surface area contributed by atoms with Crippen LogP contribution in [0.15, 0.2) is 23.0 Å². The number of hydrogen-bond donors (Lipinski definition) is 6. The molecule has 0 amide bonds. The highest BCUT2D eigenvalue weighted by molar-refractivity contribution is 5.98. The van der Waals surface area contributed by atoms with Crippen LogP contribution in [-0.4, -0.2) is 78.5 Å². The molecular weight excluding hydrogens is 684 g/mol. The number of rotatable bonds is 1. The molecule has 0 unspecified atom stereocenters. The van der Waals surface area contributed by atoms with E-state index in [9.17, 15) is 40.2 Å². The summed E-state index contributed by atoms with van der Waals surface area (Å²) in [6.07, 6.45) is 6.99. The minimum absolute atomic E-state index is 0.00651. The molecule has 9 nitrogen and oxygen atoms in total. The number of ketones is 1. The molecule has 54 heavy (non-hydrogen) atoms. The molecule has 18 atom stereocenters. The lowest BCUT2D eigenvalue weighted by Crippen LogP contribution is -2.64. The normalized spacial score (nSPS) is 53.3. The summed E-state index contributed by atoms with van der Waals surface area (Å²) in [5, 5.41) is 71.5. The van der Waals surface area contributed by atoms with Crippen molar-refractivity contribution in [3.63, 3.8) is 0 Å². The maximum atomic E-state index is 14.0. The van der Waals surface area contributed by atoms with Gasteiger partial charge in [0, 0.05) is 41.1 Å². The highest BCUT2D eigenvalue weighted by Crippen LogP contribution is 2.71. The lowest BCUT2D eigenvalue weighted by molar-refractivity contribution is -0.184. The van der Waals surface area contributed by atoms with E-state index in [0.29, 0.717) is 62.0 Å². The predicted octanol–water partition coefficient (Wildman–Crippen LogP) is 5.42. The van der Waals surface area contributed by atoms with Gasteiger partial charge in [0.25, 0.3) is 0 Å². The molecule has 0 aromatic heterocycles. The number of hydrogen-bond acceptors (Lipinski definition) is 9. The Morgan fingerprint density at radius 3 is 2.37 bits per heavy atom. The van der Waals surface area contributed by atoms with E-state index >= 15 is 0 Å². The van der Waals surface area contributed by atoms with Crippen molar-refractivity contribution in [1.82, 2.24) is 0 Å². The van der Waals surface area contributed by atoms with Gasteiger partial charge in [-0.2, -0.15) is 0 Å². The van der Waals surface area contributed by atoms with E-state index in [4.69, 9.17) is 4.74 Å². The maximum Gasteiger partial charge on any atom is 0.306 e. The zero-order valence-corrected chi connectivity index (χ0v) is 33.0. The van der Waals surface area contributed by atoms with E-state index in [2.05, 4.69) is 31.8 Å². The zero-order chi connectivity index (χ0) is 38.7. The van der Waals surface area contributed by atoms with E-state index in [-0.39, 0.29) is 54.8 Å². The van der Waals surface area contributed by atoms with Crippen LogP contribution in [0.3, 0.4) is 0 Å². The van der Waals surface area contributed by atoms with Crippen molar-refractivity contribution in [2.24, 2.45) is 75.9 Å². The summed E-state index contributed by atoms with van der Waals surface area (Å²) in [6.45, 7) is 10.5. The second kappa shape index (κ2) is 13.4. The summed E-state index contributed by atoms with van der Waals surface area (Å²) >= 11 is 0. The minimum Gasteiger partial charge on any atom is -0.504 e. The fraction of sp³-hybridized carbons (Fsp3) is 0.822. The predicted molar refractivity (Wildman–Crippen MR) is 201 cm³/mol. The van der Waals surface area contributed by atoms with Crippen LogP contribution in [0.4, 0.5) is 0 Å². The Hall–Kier alpha value is -2.22. The van der Waals surface area contributed by atoms with Crippen molar-refractivity contribution in [3.8, 4) is 11.8 Å². The topological polar surface area (TPSA) is 165 Å². The number of esters is 1. The second-order valence-corrected chi connectivity index (χ2v) is 20.4. The van der Waals surface area contributed by atoms with E-state index < -0.39 is 69.6 Å². The number of aliphatic hydroxyl groups excluding tert-OH is 4. The Bertz CT molecular complexity index is 1670. The number of carbonyl (C=O) groups excluding carboxylic acids is 2. The smallest absolute Gasteiger partial charge is 0.306 e. The average molecular weight is 749 g/mol. The molecule has 0 aromatic carbocycles. The van der Waals surface area contributed by atoms with Crippen LogP contribution in [0.2, 0.25) is 0 Å². The number of cyclic esters (lactones) is 1. The molecular formula is C45H64O9. The van der Waals surface area contributed by atoms with Crippen molar-refractivity contribution < 1.29 is 45.0 Å². The zero-order valence-electron chi connectivity index (χ0n) is 33.0. The Morgan fingerprint density at radius 1 is 0.889 bits per heavy atom. The largest absolute Gasteiger partial charge is 0.504 e. The van der Waals surface area contributed by atoms with Crippen molar-refractivity contribution >= 4 is 11.8 Å². The first-order valence-electron chi connectivity index (χ1n) is 21.2. The number of fused-ring (bicyclic) bond motifs is 10. The molecule has 1 heterocycles. The quantitative estimate of drug-likeness (QED) is 0.117. The Balaban J connectivity index is 1.21. The van der Waals surface area contributed by atoms with Gasteiger partial charge < -0.3 is 35.4 Å². The number of carbonyl (C=O) groups is 2. The lowest BCUT2D eigenvalue weighted by Gasteiger charge is -2.61.